The van der Waals surface area contributed by atoms with Gasteiger partial charge >= 0.3 is 0 Å². The molecule has 5 nitrogen and oxygen atoms in total. The van der Waals surface area contributed by atoms with Gasteiger partial charge in [0.05, 0.1) is 11.8 Å². The van der Waals surface area contributed by atoms with Crippen LogP contribution >= 0.6 is 0 Å². The van der Waals surface area contributed by atoms with Crippen molar-refractivity contribution in [2.24, 2.45) is 5.92 Å². The molecule has 122 valence electrons. The number of amides is 1. The van der Waals surface area contributed by atoms with Crippen molar-refractivity contribution in [3.8, 4) is 0 Å². The first-order chi connectivity index (χ1) is 11.3. The van der Waals surface area contributed by atoms with Crippen LogP contribution < -0.4 is 0 Å². The summed E-state index contributed by atoms with van der Waals surface area (Å²) in [5, 5.41) is 0. The number of hydrogen-bond acceptors (Lipinski definition) is 3. The van der Waals surface area contributed by atoms with Crippen molar-refractivity contribution in [3.63, 3.8) is 0 Å². The Morgan fingerprint density at radius 1 is 1.30 bits per heavy atom. The molecular formula is C18H23N3O2. The van der Waals surface area contributed by atoms with Crippen LogP contribution in [0.1, 0.15) is 54.2 Å². The number of piperidine rings is 1. The maximum absolute atomic E-state index is 12.5. The Balaban J connectivity index is 1.47. The predicted octanol–water partition coefficient (Wildman–Crippen LogP) is 3.30. The standard InChI is InChI=1S/C18H23N3O2/c22-18(16-6-10-23-13-16)21-8-2-5-15(12-21)17-19-7-9-20(17)11-14-3-1-4-14/h6-7,9-10,13-15H,1-5,8,11-12H2/t15-/m0/s1. The van der Waals surface area contributed by atoms with Gasteiger partial charge in [0, 0.05) is 37.9 Å². The van der Waals surface area contributed by atoms with E-state index in [1.54, 1.807) is 12.3 Å². The molecule has 1 atom stereocenters. The highest BCUT2D eigenvalue weighted by Gasteiger charge is 2.29. The third-order valence-corrected chi connectivity index (χ3v) is 5.27. The molecule has 2 aliphatic rings. The molecule has 1 aliphatic carbocycles. The van der Waals surface area contributed by atoms with E-state index in [0.717, 1.165) is 44.2 Å². The molecule has 0 spiro atoms. The predicted molar refractivity (Wildman–Crippen MR) is 86.2 cm³/mol. The summed E-state index contributed by atoms with van der Waals surface area (Å²) in [7, 11) is 0. The lowest BCUT2D eigenvalue weighted by atomic mass is 9.85. The van der Waals surface area contributed by atoms with E-state index in [9.17, 15) is 4.79 Å². The average molecular weight is 313 g/mol. The molecule has 3 heterocycles. The molecule has 2 aromatic rings. The lowest BCUT2D eigenvalue weighted by Crippen LogP contribution is -2.39. The molecule has 0 unspecified atom stereocenters. The zero-order valence-corrected chi connectivity index (χ0v) is 13.4. The summed E-state index contributed by atoms with van der Waals surface area (Å²) in [5.74, 6) is 2.38. The molecule has 1 amide bonds. The van der Waals surface area contributed by atoms with Gasteiger partial charge in [0.15, 0.2) is 0 Å². The van der Waals surface area contributed by atoms with Gasteiger partial charge < -0.3 is 13.9 Å². The summed E-state index contributed by atoms with van der Waals surface area (Å²) >= 11 is 0. The van der Waals surface area contributed by atoms with Crippen LogP contribution in [0.25, 0.3) is 0 Å². The Morgan fingerprint density at radius 2 is 2.22 bits per heavy atom. The minimum Gasteiger partial charge on any atom is -0.472 e. The molecule has 1 saturated carbocycles. The van der Waals surface area contributed by atoms with Gasteiger partial charge in [0.2, 0.25) is 0 Å². The largest absolute Gasteiger partial charge is 0.472 e. The zero-order chi connectivity index (χ0) is 15.6. The van der Waals surface area contributed by atoms with Crippen molar-refractivity contribution in [3.05, 3.63) is 42.4 Å². The number of furan rings is 1. The van der Waals surface area contributed by atoms with Crippen molar-refractivity contribution in [2.45, 2.75) is 44.6 Å². The van der Waals surface area contributed by atoms with Crippen LogP contribution in [0, 0.1) is 5.92 Å². The van der Waals surface area contributed by atoms with E-state index in [0.29, 0.717) is 11.5 Å². The summed E-state index contributed by atoms with van der Waals surface area (Å²) in [5.41, 5.74) is 0.642. The van der Waals surface area contributed by atoms with Gasteiger partial charge in [0.1, 0.15) is 12.1 Å². The molecule has 23 heavy (non-hydrogen) atoms. The number of likely N-dealkylation sites (tertiary alicyclic amines) is 1. The number of imidazole rings is 1. The molecule has 0 bridgehead atoms. The maximum atomic E-state index is 12.5. The smallest absolute Gasteiger partial charge is 0.257 e. The molecule has 5 heteroatoms. The second kappa shape index (κ2) is 6.22. The molecule has 0 radical (unpaired) electrons. The van der Waals surface area contributed by atoms with Gasteiger partial charge in [-0.15, -0.1) is 0 Å². The van der Waals surface area contributed by atoms with Gasteiger partial charge in [-0.3, -0.25) is 4.79 Å². The summed E-state index contributed by atoms with van der Waals surface area (Å²) in [6, 6.07) is 1.74. The van der Waals surface area contributed by atoms with Crippen molar-refractivity contribution in [1.82, 2.24) is 14.5 Å². The van der Waals surface area contributed by atoms with Crippen molar-refractivity contribution < 1.29 is 9.21 Å². The zero-order valence-electron chi connectivity index (χ0n) is 13.4. The van der Waals surface area contributed by atoms with E-state index in [4.69, 9.17) is 4.42 Å². The molecular weight excluding hydrogens is 290 g/mol. The quantitative estimate of drug-likeness (QED) is 0.870. The molecule has 0 aromatic carbocycles. The van der Waals surface area contributed by atoms with Crippen LogP contribution in [-0.4, -0.2) is 33.4 Å². The van der Waals surface area contributed by atoms with Crippen LogP contribution in [0.2, 0.25) is 0 Å². The topological polar surface area (TPSA) is 51.3 Å². The first kappa shape index (κ1) is 14.5. The second-order valence-corrected chi connectivity index (χ2v) is 6.84. The third kappa shape index (κ3) is 2.92. The number of rotatable bonds is 4. The van der Waals surface area contributed by atoms with E-state index < -0.39 is 0 Å². The van der Waals surface area contributed by atoms with Crippen LogP contribution in [0.5, 0.6) is 0 Å². The highest BCUT2D eigenvalue weighted by Crippen LogP contribution is 2.31. The Bertz CT molecular complexity index is 658. The molecule has 0 N–H and O–H groups in total. The Morgan fingerprint density at radius 3 is 2.96 bits per heavy atom. The van der Waals surface area contributed by atoms with E-state index in [1.807, 2.05) is 11.1 Å². The Hall–Kier alpha value is -2.04. The first-order valence-electron chi connectivity index (χ1n) is 8.64. The number of aromatic nitrogens is 2. The van der Waals surface area contributed by atoms with Crippen molar-refractivity contribution in [2.75, 3.05) is 13.1 Å². The monoisotopic (exact) mass is 313 g/mol. The van der Waals surface area contributed by atoms with Crippen LogP contribution in [0.15, 0.2) is 35.4 Å². The number of nitrogens with zero attached hydrogens (tertiary/aromatic N) is 3. The summed E-state index contributed by atoms with van der Waals surface area (Å²) < 4.78 is 7.36. The lowest BCUT2D eigenvalue weighted by Gasteiger charge is -2.33. The van der Waals surface area contributed by atoms with Crippen LogP contribution in [0.4, 0.5) is 0 Å². The fourth-order valence-electron chi connectivity index (χ4n) is 3.73. The van der Waals surface area contributed by atoms with Gasteiger partial charge in [-0.05, 0) is 37.7 Å². The fraction of sp³-hybridized carbons (Fsp3) is 0.556. The van der Waals surface area contributed by atoms with E-state index in [1.165, 1.54) is 25.5 Å². The normalized spacial score (nSPS) is 22.1. The van der Waals surface area contributed by atoms with Gasteiger partial charge in [-0.2, -0.15) is 0 Å². The lowest BCUT2D eigenvalue weighted by molar-refractivity contribution is 0.0702. The Kier molecular flexibility index (Phi) is 3.93. The minimum absolute atomic E-state index is 0.0700. The second-order valence-electron chi connectivity index (χ2n) is 6.84. The third-order valence-electron chi connectivity index (χ3n) is 5.27. The highest BCUT2D eigenvalue weighted by molar-refractivity contribution is 5.93. The van der Waals surface area contributed by atoms with Crippen molar-refractivity contribution in [1.29, 1.82) is 0 Å². The van der Waals surface area contributed by atoms with E-state index in [2.05, 4.69) is 15.7 Å². The first-order valence-corrected chi connectivity index (χ1v) is 8.64. The van der Waals surface area contributed by atoms with Crippen LogP contribution in [0.3, 0.4) is 0 Å². The summed E-state index contributed by atoms with van der Waals surface area (Å²) in [6.07, 6.45) is 13.3. The number of carbonyl (C=O) groups is 1. The molecule has 1 saturated heterocycles. The van der Waals surface area contributed by atoms with E-state index in [-0.39, 0.29) is 5.91 Å². The molecule has 1 aliphatic heterocycles. The minimum atomic E-state index is 0.0700. The molecule has 2 fully saturated rings. The maximum Gasteiger partial charge on any atom is 0.257 e. The van der Waals surface area contributed by atoms with Gasteiger partial charge in [0.25, 0.3) is 5.91 Å². The number of hydrogen-bond donors (Lipinski definition) is 0. The van der Waals surface area contributed by atoms with E-state index >= 15 is 0 Å². The summed E-state index contributed by atoms with van der Waals surface area (Å²) in [6.45, 7) is 2.66. The van der Waals surface area contributed by atoms with Crippen molar-refractivity contribution >= 4 is 5.91 Å². The summed E-state index contributed by atoms with van der Waals surface area (Å²) in [4.78, 5) is 19.1. The molecule has 2 aromatic heterocycles. The fourth-order valence-corrected chi connectivity index (χ4v) is 3.73. The van der Waals surface area contributed by atoms with Crippen LogP contribution in [-0.2, 0) is 6.54 Å². The van der Waals surface area contributed by atoms with Gasteiger partial charge in [-0.25, -0.2) is 4.98 Å². The Labute approximate surface area is 136 Å². The van der Waals surface area contributed by atoms with Gasteiger partial charge in [-0.1, -0.05) is 6.42 Å². The molecule has 4 rings (SSSR count). The highest BCUT2D eigenvalue weighted by atomic mass is 16.3. The average Bonchev–Trinajstić information content (AvgIpc) is 3.21. The SMILES string of the molecule is O=C(c1ccoc1)N1CCC[C@H](c2nccn2CC2CCC2)C1. The number of carbonyl (C=O) groups excluding carboxylic acids is 1.